The average molecular weight is 409 g/mol. The van der Waals surface area contributed by atoms with Crippen LogP contribution >= 0.6 is 11.6 Å². The van der Waals surface area contributed by atoms with Crippen LogP contribution in [0.4, 0.5) is 15.9 Å². The Hall–Kier alpha value is -2.78. The van der Waals surface area contributed by atoms with Gasteiger partial charge in [-0.3, -0.25) is 15.0 Å². The number of aromatic nitrogens is 1. The molecular weight excluding hydrogens is 391 g/mol. The van der Waals surface area contributed by atoms with Crippen molar-refractivity contribution in [2.45, 2.75) is 6.54 Å². The van der Waals surface area contributed by atoms with Crippen molar-refractivity contribution in [2.75, 3.05) is 38.2 Å². The fourth-order valence-corrected chi connectivity index (χ4v) is 3.28. The number of halogens is 2. The predicted molar refractivity (Wildman–Crippen MR) is 101 cm³/mol. The summed E-state index contributed by atoms with van der Waals surface area (Å²) in [7, 11) is 1.22. The maximum absolute atomic E-state index is 14.0. The summed E-state index contributed by atoms with van der Waals surface area (Å²) in [4.78, 5) is 30.4. The monoisotopic (exact) mass is 408 g/mol. The summed E-state index contributed by atoms with van der Waals surface area (Å²) >= 11 is 6.08. The van der Waals surface area contributed by atoms with Gasteiger partial charge in [-0.1, -0.05) is 17.7 Å². The van der Waals surface area contributed by atoms with Crippen LogP contribution in [0.3, 0.4) is 0 Å². The van der Waals surface area contributed by atoms with Crippen molar-refractivity contribution in [1.82, 2.24) is 9.88 Å². The smallest absolute Gasteiger partial charge is 0.356 e. The Balaban J connectivity index is 1.75. The first-order valence-corrected chi connectivity index (χ1v) is 8.92. The van der Waals surface area contributed by atoms with Crippen molar-refractivity contribution in [3.05, 3.63) is 62.5 Å². The maximum atomic E-state index is 14.0. The molecule has 1 saturated heterocycles. The number of piperazine rings is 1. The molecule has 0 unspecified atom stereocenters. The summed E-state index contributed by atoms with van der Waals surface area (Å²) in [6.07, 6.45) is 0. The van der Waals surface area contributed by atoms with Gasteiger partial charge in [-0.25, -0.2) is 14.2 Å². The molecule has 1 aromatic heterocycles. The van der Waals surface area contributed by atoms with Crippen LogP contribution in [0.5, 0.6) is 0 Å². The highest BCUT2D eigenvalue weighted by Gasteiger charge is 2.27. The molecule has 28 heavy (non-hydrogen) atoms. The number of methoxy groups -OCH3 is 1. The van der Waals surface area contributed by atoms with E-state index >= 15 is 0 Å². The van der Waals surface area contributed by atoms with Gasteiger partial charge < -0.3 is 9.64 Å². The van der Waals surface area contributed by atoms with Crippen molar-refractivity contribution in [3.8, 4) is 0 Å². The van der Waals surface area contributed by atoms with E-state index in [1.165, 1.54) is 25.3 Å². The fraction of sp³-hybridized carbons (Fsp3) is 0.333. The molecular formula is C18H18ClFN4O4. The Kier molecular flexibility index (Phi) is 6.05. The van der Waals surface area contributed by atoms with Gasteiger partial charge in [0.2, 0.25) is 5.82 Å². The zero-order valence-corrected chi connectivity index (χ0v) is 15.9. The molecule has 1 fully saturated rings. The predicted octanol–water partition coefficient (Wildman–Crippen LogP) is 2.89. The van der Waals surface area contributed by atoms with Crippen molar-refractivity contribution in [1.29, 1.82) is 0 Å². The highest BCUT2D eigenvalue weighted by atomic mass is 35.5. The van der Waals surface area contributed by atoms with Crippen LogP contribution in [0.2, 0.25) is 5.02 Å². The number of nitrogens with zero attached hydrogens (tertiary/aromatic N) is 4. The second-order valence-corrected chi connectivity index (χ2v) is 6.66. The standard InChI is InChI=1S/C18H18ClFN4O4/c1-28-18(25)15-5-6-16(24(26)27)17(21-15)23-9-7-22(8-10-23)11-12-13(19)3-2-4-14(12)20/h2-6H,7-11H2,1H3. The Bertz CT molecular complexity index is 883. The minimum absolute atomic E-state index is 0.00340. The van der Waals surface area contributed by atoms with Gasteiger partial charge in [-0.15, -0.1) is 0 Å². The molecule has 2 aromatic rings. The van der Waals surface area contributed by atoms with Crippen LogP contribution < -0.4 is 4.90 Å². The highest BCUT2D eigenvalue weighted by molar-refractivity contribution is 6.31. The number of hydrogen-bond acceptors (Lipinski definition) is 7. The Morgan fingerprint density at radius 3 is 2.61 bits per heavy atom. The Morgan fingerprint density at radius 2 is 2.00 bits per heavy atom. The van der Waals surface area contributed by atoms with E-state index in [1.807, 2.05) is 4.90 Å². The van der Waals surface area contributed by atoms with Crippen molar-refractivity contribution < 1.29 is 18.8 Å². The van der Waals surface area contributed by atoms with Crippen molar-refractivity contribution >= 4 is 29.1 Å². The molecule has 0 bridgehead atoms. The number of ether oxygens (including phenoxy) is 1. The van der Waals surface area contributed by atoms with Gasteiger partial charge in [-0.2, -0.15) is 0 Å². The summed E-state index contributed by atoms with van der Waals surface area (Å²) in [5.74, 6) is -0.904. The molecule has 0 N–H and O–H groups in total. The molecule has 1 aliphatic rings. The lowest BCUT2D eigenvalue weighted by molar-refractivity contribution is -0.384. The van der Waals surface area contributed by atoms with Gasteiger partial charge in [0, 0.05) is 49.4 Å². The first kappa shape index (κ1) is 20.0. The minimum atomic E-state index is -0.663. The van der Waals surface area contributed by atoms with Gasteiger partial charge in [-0.05, 0) is 18.2 Å². The zero-order chi connectivity index (χ0) is 20.3. The van der Waals surface area contributed by atoms with Crippen LogP contribution in [0.1, 0.15) is 16.1 Å². The van der Waals surface area contributed by atoms with Crippen molar-refractivity contribution in [2.24, 2.45) is 0 Å². The quantitative estimate of drug-likeness (QED) is 0.427. The van der Waals surface area contributed by atoms with E-state index in [2.05, 4.69) is 9.72 Å². The molecule has 0 saturated carbocycles. The van der Waals surface area contributed by atoms with Crippen LogP contribution in [0, 0.1) is 15.9 Å². The Labute approximate surface area is 165 Å². The average Bonchev–Trinajstić information content (AvgIpc) is 2.70. The normalized spacial score (nSPS) is 14.8. The highest BCUT2D eigenvalue weighted by Crippen LogP contribution is 2.28. The van der Waals surface area contributed by atoms with Crippen LogP contribution in [-0.2, 0) is 11.3 Å². The van der Waals surface area contributed by atoms with Gasteiger partial charge >= 0.3 is 11.7 Å². The zero-order valence-electron chi connectivity index (χ0n) is 15.1. The van der Waals surface area contributed by atoms with E-state index in [0.29, 0.717) is 43.3 Å². The third kappa shape index (κ3) is 4.20. The number of carbonyl (C=O) groups is 1. The molecule has 0 atom stereocenters. The van der Waals surface area contributed by atoms with E-state index < -0.39 is 10.9 Å². The first-order chi connectivity index (χ1) is 13.4. The third-order valence-corrected chi connectivity index (χ3v) is 4.92. The second-order valence-electron chi connectivity index (χ2n) is 6.25. The van der Waals surface area contributed by atoms with Gasteiger partial charge in [0.15, 0.2) is 5.69 Å². The molecule has 2 heterocycles. The molecule has 10 heteroatoms. The lowest BCUT2D eigenvalue weighted by Gasteiger charge is -2.35. The van der Waals surface area contributed by atoms with Crippen molar-refractivity contribution in [3.63, 3.8) is 0 Å². The van der Waals surface area contributed by atoms with Crippen LogP contribution in [0.15, 0.2) is 30.3 Å². The summed E-state index contributed by atoms with van der Waals surface area (Å²) in [6.45, 7) is 2.28. The van der Waals surface area contributed by atoms with E-state index in [4.69, 9.17) is 11.6 Å². The molecule has 148 valence electrons. The summed E-state index contributed by atoms with van der Waals surface area (Å²) in [6, 6.07) is 7.08. The number of anilines is 1. The molecule has 8 nitrogen and oxygen atoms in total. The van der Waals surface area contributed by atoms with Crippen LogP contribution in [-0.4, -0.2) is 54.1 Å². The molecule has 1 aliphatic heterocycles. The molecule has 0 radical (unpaired) electrons. The SMILES string of the molecule is COC(=O)c1ccc([N+](=O)[O-])c(N2CCN(Cc3c(F)cccc3Cl)CC2)n1. The number of benzene rings is 1. The molecule has 1 aromatic carbocycles. The number of pyridine rings is 1. The fourth-order valence-electron chi connectivity index (χ4n) is 3.06. The minimum Gasteiger partial charge on any atom is -0.464 e. The van der Waals surface area contributed by atoms with E-state index in [0.717, 1.165) is 0 Å². The van der Waals surface area contributed by atoms with Gasteiger partial charge in [0.25, 0.3) is 0 Å². The summed E-state index contributed by atoms with van der Waals surface area (Å²) in [5, 5.41) is 11.7. The largest absolute Gasteiger partial charge is 0.464 e. The number of nitro groups is 1. The summed E-state index contributed by atoms with van der Waals surface area (Å²) < 4.78 is 18.6. The first-order valence-electron chi connectivity index (χ1n) is 8.54. The number of esters is 1. The molecule has 0 aliphatic carbocycles. The summed E-state index contributed by atoms with van der Waals surface area (Å²) in [5.41, 5.74) is 0.247. The maximum Gasteiger partial charge on any atom is 0.356 e. The van der Waals surface area contributed by atoms with E-state index in [-0.39, 0.29) is 23.0 Å². The topological polar surface area (TPSA) is 88.8 Å². The number of rotatable bonds is 5. The Morgan fingerprint density at radius 1 is 1.29 bits per heavy atom. The lowest BCUT2D eigenvalue weighted by Crippen LogP contribution is -2.46. The number of hydrogen-bond donors (Lipinski definition) is 0. The third-order valence-electron chi connectivity index (χ3n) is 4.56. The van der Waals surface area contributed by atoms with Gasteiger partial charge in [0.05, 0.1) is 12.0 Å². The molecule has 0 spiro atoms. The van der Waals surface area contributed by atoms with Crippen LogP contribution in [0.25, 0.3) is 0 Å². The number of carbonyl (C=O) groups excluding carboxylic acids is 1. The molecule has 3 rings (SSSR count). The molecule has 0 amide bonds. The van der Waals surface area contributed by atoms with E-state index in [9.17, 15) is 19.3 Å². The van der Waals surface area contributed by atoms with Gasteiger partial charge in [0.1, 0.15) is 5.82 Å². The van der Waals surface area contributed by atoms with E-state index in [1.54, 1.807) is 17.0 Å². The lowest BCUT2D eigenvalue weighted by atomic mass is 10.1. The second kappa shape index (κ2) is 8.49.